The number of fused-ring (bicyclic) bond motifs is 4. The first kappa shape index (κ1) is 36.0. The summed E-state index contributed by atoms with van der Waals surface area (Å²) in [6, 6.07) is 28.6. The minimum atomic E-state index is -0.356. The molecule has 3 aromatic rings. The van der Waals surface area contributed by atoms with Crippen LogP contribution in [-0.2, 0) is 57.7 Å². The highest BCUT2D eigenvalue weighted by Crippen LogP contribution is 2.40. The number of ether oxygens (including phenoxy) is 8. The van der Waals surface area contributed by atoms with Gasteiger partial charge in [0.2, 0.25) is 0 Å². The van der Waals surface area contributed by atoms with Crippen LogP contribution in [0.15, 0.2) is 126 Å². The molecule has 5 heterocycles. The van der Waals surface area contributed by atoms with Crippen molar-refractivity contribution in [3.8, 4) is 0 Å². The van der Waals surface area contributed by atoms with E-state index in [1.165, 1.54) is 0 Å². The molecule has 0 aromatic heterocycles. The average molecular weight is 772 g/mol. The van der Waals surface area contributed by atoms with E-state index in [2.05, 4.69) is 88.8 Å². The fourth-order valence-electron chi connectivity index (χ4n) is 7.75. The Bertz CT molecular complexity index is 1650. The summed E-state index contributed by atoms with van der Waals surface area (Å²) in [5, 5.41) is 0. The summed E-state index contributed by atoms with van der Waals surface area (Å²) < 4.78 is 54.3. The molecule has 8 nitrogen and oxygen atoms in total. The maximum absolute atomic E-state index is 6.91. The minimum absolute atomic E-state index is 0.124. The molecular weight excluding hydrogens is 724 g/mol. The van der Waals surface area contributed by atoms with Crippen LogP contribution in [0.2, 0.25) is 0 Å². The van der Waals surface area contributed by atoms with Crippen molar-refractivity contribution in [3.63, 3.8) is 0 Å². The number of halogens is 1. The SMILES string of the molecule is Brc1ccc(CO[C@@H]2[C@H]3OCC=CC[C@@H]3O[C@@H]3C[C@@H]4O[C@@H]5C/C=C\[C@H](OCc6ccccc6)[C@@H](COCc6ccccc6)O[C@H]5C=C[C@H]4O[C@@H]23)cc1. The number of rotatable bonds is 10. The molecule has 8 rings (SSSR count). The lowest BCUT2D eigenvalue weighted by Gasteiger charge is -2.50. The van der Waals surface area contributed by atoms with E-state index in [0.717, 1.165) is 27.6 Å². The normalized spacial score (nSPS) is 34.7. The minimum Gasteiger partial charge on any atom is -0.374 e. The molecule has 0 radical (unpaired) electrons. The molecular formula is C43H47BrO8. The monoisotopic (exact) mass is 770 g/mol. The summed E-state index contributed by atoms with van der Waals surface area (Å²) in [5.41, 5.74) is 3.32. The van der Waals surface area contributed by atoms with Crippen LogP contribution in [-0.4, -0.2) is 80.4 Å². The zero-order valence-electron chi connectivity index (χ0n) is 29.2. The molecule has 0 amide bonds. The van der Waals surface area contributed by atoms with Gasteiger partial charge < -0.3 is 37.9 Å². The molecule has 2 fully saturated rings. The second-order valence-electron chi connectivity index (χ2n) is 14.1. The molecule has 5 aliphatic rings. The Balaban J connectivity index is 0.991. The zero-order chi connectivity index (χ0) is 35.1. The summed E-state index contributed by atoms with van der Waals surface area (Å²) in [6.07, 6.45) is 12.0. The summed E-state index contributed by atoms with van der Waals surface area (Å²) in [7, 11) is 0. The predicted molar refractivity (Wildman–Crippen MR) is 199 cm³/mol. The van der Waals surface area contributed by atoms with Crippen molar-refractivity contribution in [2.24, 2.45) is 0 Å². The van der Waals surface area contributed by atoms with Gasteiger partial charge in [-0.3, -0.25) is 0 Å². The van der Waals surface area contributed by atoms with Crippen molar-refractivity contribution in [1.82, 2.24) is 0 Å². The van der Waals surface area contributed by atoms with Crippen molar-refractivity contribution in [2.45, 2.75) is 106 Å². The Morgan fingerprint density at radius 1 is 0.577 bits per heavy atom. The van der Waals surface area contributed by atoms with Gasteiger partial charge in [0.1, 0.15) is 42.7 Å². The second-order valence-corrected chi connectivity index (χ2v) is 15.0. The van der Waals surface area contributed by atoms with Gasteiger partial charge in [0, 0.05) is 10.9 Å². The van der Waals surface area contributed by atoms with Crippen LogP contribution in [0.1, 0.15) is 36.0 Å². The van der Waals surface area contributed by atoms with Crippen LogP contribution in [0.4, 0.5) is 0 Å². The fourth-order valence-corrected chi connectivity index (χ4v) is 8.01. The molecule has 0 spiro atoms. The lowest BCUT2D eigenvalue weighted by atomic mass is 9.87. The predicted octanol–water partition coefficient (Wildman–Crippen LogP) is 7.44. The van der Waals surface area contributed by atoms with Crippen molar-refractivity contribution in [1.29, 1.82) is 0 Å². The van der Waals surface area contributed by atoms with E-state index in [9.17, 15) is 0 Å². The first-order valence-electron chi connectivity index (χ1n) is 18.5. The lowest BCUT2D eigenvalue weighted by Crippen LogP contribution is -2.64. The average Bonchev–Trinajstić information content (AvgIpc) is 3.50. The molecule has 0 unspecified atom stereocenters. The molecule has 5 aliphatic heterocycles. The van der Waals surface area contributed by atoms with E-state index in [0.29, 0.717) is 45.9 Å². The summed E-state index contributed by atoms with van der Waals surface area (Å²) in [6.45, 7) is 2.31. The standard InChI is InChI=1S/C43H47BrO8/c44-32-19-17-31(18-20-32)27-48-43-41-37(14-7-8-23-46-41)51-39-24-38-36(52-42(39)43)22-21-35-34(49-38)16-9-15-33(47-26-30-12-5-2-6-13-30)40(50-35)28-45-25-29-10-3-1-4-11-29/h1-13,15,17-22,33-43H,14,16,23-28H2/b15-9-/t33-,34+,35-,36+,37-,38-,39+,40+,41-,42+,43+/m0/s1. The molecule has 2 saturated heterocycles. The van der Waals surface area contributed by atoms with Crippen LogP contribution in [0.3, 0.4) is 0 Å². The molecule has 0 saturated carbocycles. The van der Waals surface area contributed by atoms with Crippen LogP contribution >= 0.6 is 15.9 Å². The largest absolute Gasteiger partial charge is 0.374 e. The zero-order valence-corrected chi connectivity index (χ0v) is 30.8. The van der Waals surface area contributed by atoms with E-state index in [1.807, 2.05) is 48.5 Å². The highest BCUT2D eigenvalue weighted by Gasteiger charge is 2.53. The first-order valence-corrected chi connectivity index (χ1v) is 19.3. The van der Waals surface area contributed by atoms with Crippen LogP contribution in [0, 0.1) is 0 Å². The molecule has 52 heavy (non-hydrogen) atoms. The Labute approximate surface area is 314 Å². The lowest BCUT2D eigenvalue weighted by molar-refractivity contribution is -0.295. The topological polar surface area (TPSA) is 73.8 Å². The van der Waals surface area contributed by atoms with Gasteiger partial charge in [-0.05, 0) is 41.7 Å². The van der Waals surface area contributed by atoms with Gasteiger partial charge in [0.25, 0.3) is 0 Å². The van der Waals surface area contributed by atoms with E-state index in [4.69, 9.17) is 37.9 Å². The number of benzene rings is 3. The highest BCUT2D eigenvalue weighted by atomic mass is 79.9. The Hall–Kier alpha value is -2.96. The van der Waals surface area contributed by atoms with Crippen LogP contribution in [0.5, 0.6) is 0 Å². The van der Waals surface area contributed by atoms with Crippen molar-refractivity contribution in [3.05, 3.63) is 143 Å². The molecule has 0 N–H and O–H groups in total. The van der Waals surface area contributed by atoms with Crippen LogP contribution < -0.4 is 0 Å². The molecule has 9 heteroatoms. The second kappa shape index (κ2) is 17.5. The van der Waals surface area contributed by atoms with Crippen molar-refractivity contribution < 1.29 is 37.9 Å². The Kier molecular flexibility index (Phi) is 12.1. The van der Waals surface area contributed by atoms with Crippen LogP contribution in [0.25, 0.3) is 0 Å². The Morgan fingerprint density at radius 2 is 1.25 bits per heavy atom. The van der Waals surface area contributed by atoms with Gasteiger partial charge in [-0.1, -0.05) is 125 Å². The fraction of sp³-hybridized carbons (Fsp3) is 0.442. The molecule has 0 aliphatic carbocycles. The third-order valence-electron chi connectivity index (χ3n) is 10.4. The van der Waals surface area contributed by atoms with Gasteiger partial charge in [-0.25, -0.2) is 0 Å². The molecule has 3 aromatic carbocycles. The first-order chi connectivity index (χ1) is 25.7. The van der Waals surface area contributed by atoms with Gasteiger partial charge in [-0.2, -0.15) is 0 Å². The van der Waals surface area contributed by atoms with E-state index in [1.54, 1.807) is 0 Å². The van der Waals surface area contributed by atoms with Gasteiger partial charge in [-0.15, -0.1) is 0 Å². The highest BCUT2D eigenvalue weighted by molar-refractivity contribution is 9.10. The maximum atomic E-state index is 6.91. The molecule has 11 atom stereocenters. The van der Waals surface area contributed by atoms with Gasteiger partial charge in [0.05, 0.1) is 57.5 Å². The summed E-state index contributed by atoms with van der Waals surface area (Å²) in [5.74, 6) is 0. The van der Waals surface area contributed by atoms with Crippen molar-refractivity contribution in [2.75, 3.05) is 13.2 Å². The molecule has 274 valence electrons. The summed E-state index contributed by atoms with van der Waals surface area (Å²) in [4.78, 5) is 0. The van der Waals surface area contributed by atoms with E-state index < -0.39 is 0 Å². The smallest absolute Gasteiger partial charge is 0.115 e. The van der Waals surface area contributed by atoms with Gasteiger partial charge in [0.15, 0.2) is 0 Å². The summed E-state index contributed by atoms with van der Waals surface area (Å²) >= 11 is 3.54. The quantitative estimate of drug-likeness (QED) is 0.197. The Morgan fingerprint density at radius 3 is 2.04 bits per heavy atom. The van der Waals surface area contributed by atoms with Gasteiger partial charge >= 0.3 is 0 Å². The number of hydrogen-bond donors (Lipinski definition) is 0. The number of hydrogen-bond acceptors (Lipinski definition) is 8. The van der Waals surface area contributed by atoms with Crippen molar-refractivity contribution >= 4 is 15.9 Å². The maximum Gasteiger partial charge on any atom is 0.115 e. The van der Waals surface area contributed by atoms with E-state index in [-0.39, 0.29) is 67.1 Å². The van der Waals surface area contributed by atoms with E-state index >= 15 is 0 Å². The molecule has 0 bridgehead atoms. The third kappa shape index (κ3) is 8.87. The third-order valence-corrected chi connectivity index (χ3v) is 11.0.